The molecule has 0 aliphatic heterocycles. The first-order valence-corrected chi connectivity index (χ1v) is 13.1. The number of halogens is 1. The van der Waals surface area contributed by atoms with Gasteiger partial charge in [0.25, 0.3) is 5.91 Å². The first kappa shape index (κ1) is 31.1. The van der Waals surface area contributed by atoms with E-state index in [1.165, 1.54) is 4.90 Å². The average Bonchev–Trinajstić information content (AvgIpc) is 2.80. The normalized spacial score (nSPS) is 13.0. The number of anilines is 1. The quantitative estimate of drug-likeness (QED) is 0.370. The van der Waals surface area contributed by atoms with Gasteiger partial charge in [-0.05, 0) is 64.2 Å². The van der Waals surface area contributed by atoms with E-state index in [-0.39, 0.29) is 19.1 Å². The lowest BCUT2D eigenvalue weighted by Gasteiger charge is -2.34. The third-order valence-corrected chi connectivity index (χ3v) is 6.06. The van der Waals surface area contributed by atoms with Crippen LogP contribution < -0.4 is 10.6 Å². The summed E-state index contributed by atoms with van der Waals surface area (Å²) in [6, 6.07) is 10.5. The van der Waals surface area contributed by atoms with Crippen molar-refractivity contribution in [1.29, 1.82) is 0 Å². The molecule has 38 heavy (non-hydrogen) atoms. The number of hydrogen-bond donors (Lipinski definition) is 3. The van der Waals surface area contributed by atoms with Gasteiger partial charge in [-0.2, -0.15) is 0 Å². The fourth-order valence-electron chi connectivity index (χ4n) is 4.02. The van der Waals surface area contributed by atoms with Crippen LogP contribution in [0.2, 0.25) is 5.02 Å². The van der Waals surface area contributed by atoms with Crippen LogP contribution in [0.5, 0.6) is 0 Å². The Labute approximate surface area is 230 Å². The molecule has 3 amide bonds. The van der Waals surface area contributed by atoms with E-state index < -0.39 is 35.6 Å². The molecule has 2 unspecified atom stereocenters. The highest BCUT2D eigenvalue weighted by Gasteiger charge is 2.36. The van der Waals surface area contributed by atoms with Gasteiger partial charge in [0.1, 0.15) is 17.7 Å². The van der Waals surface area contributed by atoms with Gasteiger partial charge in [0, 0.05) is 6.54 Å². The maximum Gasteiger partial charge on any atom is 0.408 e. The summed E-state index contributed by atoms with van der Waals surface area (Å²) < 4.78 is 5.39. The lowest BCUT2D eigenvalue weighted by Crippen LogP contribution is -2.53. The van der Waals surface area contributed by atoms with Crippen LogP contribution in [0.15, 0.2) is 42.5 Å². The van der Waals surface area contributed by atoms with Crippen LogP contribution in [0, 0.1) is 19.8 Å². The highest BCUT2D eigenvalue weighted by Crippen LogP contribution is 2.30. The van der Waals surface area contributed by atoms with Gasteiger partial charge in [0.05, 0.1) is 17.3 Å². The average molecular weight is 546 g/mol. The van der Waals surface area contributed by atoms with E-state index >= 15 is 0 Å². The Kier molecular flexibility index (Phi) is 11.2. The third-order valence-electron chi connectivity index (χ3n) is 5.74. The largest absolute Gasteiger partial charge is 0.444 e. The van der Waals surface area contributed by atoms with Crippen molar-refractivity contribution in [2.24, 2.45) is 5.92 Å². The summed E-state index contributed by atoms with van der Waals surface area (Å²) in [7, 11) is 0. The monoisotopic (exact) mass is 545 g/mol. The molecule has 0 saturated carbocycles. The Morgan fingerprint density at radius 3 is 2.21 bits per heavy atom. The van der Waals surface area contributed by atoms with E-state index in [1.54, 1.807) is 45.0 Å². The van der Waals surface area contributed by atoms with Gasteiger partial charge in [-0.15, -0.1) is 0 Å². The van der Waals surface area contributed by atoms with Crippen molar-refractivity contribution < 1.29 is 24.2 Å². The van der Waals surface area contributed by atoms with E-state index in [0.717, 1.165) is 11.1 Å². The second-order valence-electron chi connectivity index (χ2n) is 10.8. The number of aliphatic hydroxyl groups is 1. The van der Waals surface area contributed by atoms with Crippen molar-refractivity contribution >= 4 is 35.2 Å². The molecule has 0 aromatic heterocycles. The van der Waals surface area contributed by atoms with Crippen LogP contribution in [0.1, 0.15) is 63.8 Å². The van der Waals surface area contributed by atoms with Gasteiger partial charge in [-0.25, -0.2) is 4.79 Å². The third kappa shape index (κ3) is 9.03. The number of ether oxygens (including phenoxy) is 1. The maximum atomic E-state index is 14.0. The van der Waals surface area contributed by atoms with Crippen molar-refractivity contribution in [2.75, 3.05) is 18.5 Å². The van der Waals surface area contributed by atoms with Crippen molar-refractivity contribution in [2.45, 2.75) is 72.6 Å². The van der Waals surface area contributed by atoms with Crippen LogP contribution in [-0.2, 0) is 14.3 Å². The second-order valence-corrected chi connectivity index (χ2v) is 11.2. The number of aliphatic hydroxyl groups excluding tert-OH is 1. The van der Waals surface area contributed by atoms with Crippen LogP contribution >= 0.6 is 11.6 Å². The molecule has 0 bridgehead atoms. The van der Waals surface area contributed by atoms with Crippen LogP contribution in [0.4, 0.5) is 10.5 Å². The second kappa shape index (κ2) is 13.6. The standard InChI is InChI=1S/C29H40ClN3O5/c1-18(2)17-23(31-28(37)38-29(5,6)7)27(36)33(15-16-34)25(21-13-11-19(3)12-14-21)26(35)32-24-20(4)9-8-10-22(24)30/h8-14,18,23,25,34H,15-17H2,1-7H3,(H,31,37)(H,32,35). The molecule has 2 rings (SSSR count). The van der Waals surface area contributed by atoms with Crippen LogP contribution in [-0.4, -0.2) is 52.7 Å². The fraction of sp³-hybridized carbons (Fsp3) is 0.483. The Balaban J connectivity index is 2.52. The molecule has 2 aromatic rings. The number of carbonyl (C=O) groups excluding carboxylic acids is 3. The lowest BCUT2D eigenvalue weighted by atomic mass is 9.98. The molecule has 8 nitrogen and oxygen atoms in total. The molecular weight excluding hydrogens is 506 g/mol. The Hall–Kier alpha value is -3.10. The van der Waals surface area contributed by atoms with Crippen molar-refractivity contribution in [3.8, 4) is 0 Å². The summed E-state index contributed by atoms with van der Waals surface area (Å²) in [6.45, 7) is 12.3. The van der Waals surface area contributed by atoms with Crippen LogP contribution in [0.25, 0.3) is 0 Å². The molecule has 0 aliphatic carbocycles. The Morgan fingerprint density at radius 2 is 1.68 bits per heavy atom. The zero-order valence-corrected chi connectivity index (χ0v) is 24.1. The number of amides is 3. The highest BCUT2D eigenvalue weighted by atomic mass is 35.5. The molecule has 2 aromatic carbocycles. The summed E-state index contributed by atoms with van der Waals surface area (Å²) >= 11 is 6.37. The maximum absolute atomic E-state index is 14.0. The molecule has 0 saturated heterocycles. The zero-order valence-electron chi connectivity index (χ0n) is 23.3. The summed E-state index contributed by atoms with van der Waals surface area (Å²) in [4.78, 5) is 41.7. The van der Waals surface area contributed by atoms with E-state index in [9.17, 15) is 19.5 Å². The van der Waals surface area contributed by atoms with Gasteiger partial charge in [-0.3, -0.25) is 9.59 Å². The summed E-state index contributed by atoms with van der Waals surface area (Å²) in [5, 5.41) is 15.8. The smallest absolute Gasteiger partial charge is 0.408 e. The zero-order chi connectivity index (χ0) is 28.6. The Morgan fingerprint density at radius 1 is 1.05 bits per heavy atom. The van der Waals surface area contributed by atoms with E-state index in [2.05, 4.69) is 10.6 Å². The molecule has 208 valence electrons. The fourth-order valence-corrected chi connectivity index (χ4v) is 4.29. The van der Waals surface area contributed by atoms with E-state index in [4.69, 9.17) is 16.3 Å². The number of rotatable bonds is 10. The molecule has 3 N–H and O–H groups in total. The molecule has 0 aliphatic rings. The molecule has 9 heteroatoms. The van der Waals surface area contributed by atoms with Crippen molar-refractivity contribution in [1.82, 2.24) is 10.2 Å². The first-order valence-electron chi connectivity index (χ1n) is 12.8. The first-order chi connectivity index (χ1) is 17.7. The SMILES string of the molecule is Cc1ccc(C(C(=O)Nc2c(C)cccc2Cl)N(CCO)C(=O)C(CC(C)C)NC(=O)OC(C)(C)C)cc1. The number of hydrogen-bond acceptors (Lipinski definition) is 5. The number of aryl methyl sites for hydroxylation is 2. The number of nitrogens with one attached hydrogen (secondary N) is 2. The molecule has 0 spiro atoms. The van der Waals surface area contributed by atoms with Crippen LogP contribution in [0.3, 0.4) is 0 Å². The van der Waals surface area contributed by atoms with Gasteiger partial charge < -0.3 is 25.4 Å². The van der Waals surface area contributed by atoms with Gasteiger partial charge in [0.15, 0.2) is 0 Å². The minimum absolute atomic E-state index is 0.0484. The topological polar surface area (TPSA) is 108 Å². The van der Waals surface area contributed by atoms with Crippen molar-refractivity contribution in [3.05, 3.63) is 64.2 Å². The minimum atomic E-state index is -1.10. The predicted octanol–water partition coefficient (Wildman–Crippen LogP) is 5.40. The summed E-state index contributed by atoms with van der Waals surface area (Å²) in [5.41, 5.74) is 1.99. The number of alkyl carbamates (subject to hydrolysis) is 1. The highest BCUT2D eigenvalue weighted by molar-refractivity contribution is 6.34. The van der Waals surface area contributed by atoms with E-state index in [1.807, 2.05) is 45.9 Å². The molecule has 0 heterocycles. The molecule has 0 fully saturated rings. The van der Waals surface area contributed by atoms with Crippen molar-refractivity contribution in [3.63, 3.8) is 0 Å². The van der Waals surface area contributed by atoms with Gasteiger partial charge in [-0.1, -0.05) is 67.4 Å². The number of benzene rings is 2. The minimum Gasteiger partial charge on any atom is -0.444 e. The number of carbonyl (C=O) groups is 3. The Bertz CT molecular complexity index is 1090. The molecular formula is C29H40ClN3O5. The predicted molar refractivity (Wildman–Crippen MR) is 150 cm³/mol. The summed E-state index contributed by atoms with van der Waals surface area (Å²) in [5.74, 6) is -0.949. The van der Waals surface area contributed by atoms with Gasteiger partial charge in [0.2, 0.25) is 5.91 Å². The molecule has 0 radical (unpaired) electrons. The van der Waals surface area contributed by atoms with E-state index in [0.29, 0.717) is 22.7 Å². The summed E-state index contributed by atoms with van der Waals surface area (Å²) in [6.07, 6.45) is -0.422. The molecule has 2 atom stereocenters. The number of para-hydroxylation sites is 1. The number of nitrogens with zero attached hydrogens (tertiary/aromatic N) is 1. The van der Waals surface area contributed by atoms with Gasteiger partial charge >= 0.3 is 6.09 Å². The lowest BCUT2D eigenvalue weighted by molar-refractivity contribution is -0.141.